The fourth-order valence-corrected chi connectivity index (χ4v) is 9.13. The molecular weight excluding hydrogens is 675 g/mol. The van der Waals surface area contributed by atoms with E-state index in [1.807, 2.05) is 0 Å². The molecule has 1 aliphatic rings. The monoisotopic (exact) mass is 711 g/mol. The fourth-order valence-electron chi connectivity index (χ4n) is 9.13. The number of rotatable bonds is 6. The van der Waals surface area contributed by atoms with Gasteiger partial charge in [0, 0.05) is 16.3 Å². The van der Waals surface area contributed by atoms with Gasteiger partial charge in [0.15, 0.2) is 0 Å². The van der Waals surface area contributed by atoms with E-state index in [-0.39, 0.29) is 0 Å². The minimum atomic E-state index is 0.905. The molecule has 0 atom stereocenters. The maximum Gasteiger partial charge on any atom is 0.0541 e. The molecule has 262 valence electrons. The molecule has 0 N–H and O–H groups in total. The Morgan fingerprint density at radius 1 is 0.268 bits per heavy atom. The van der Waals surface area contributed by atoms with Crippen LogP contribution in [-0.2, 0) is 6.42 Å². The van der Waals surface area contributed by atoms with Gasteiger partial charge in [-0.05, 0) is 109 Å². The van der Waals surface area contributed by atoms with E-state index in [9.17, 15) is 0 Å². The third-order valence-corrected chi connectivity index (χ3v) is 11.7. The molecular formula is C55H37N. The predicted molar refractivity (Wildman–Crippen MR) is 236 cm³/mol. The number of hydrogen-bond donors (Lipinski definition) is 0. The second-order valence-electron chi connectivity index (χ2n) is 14.8. The third-order valence-electron chi connectivity index (χ3n) is 11.7. The normalized spacial score (nSPS) is 11.9. The van der Waals surface area contributed by atoms with Gasteiger partial charge in [-0.2, -0.15) is 0 Å². The number of nitrogens with zero attached hydrogens (tertiary/aromatic N) is 1. The minimum Gasteiger partial charge on any atom is -0.309 e. The maximum absolute atomic E-state index is 2.48. The van der Waals surface area contributed by atoms with Gasteiger partial charge in [-0.25, -0.2) is 0 Å². The Balaban J connectivity index is 1.10. The first-order chi connectivity index (χ1) is 27.8. The molecule has 0 bridgehead atoms. The molecule has 11 rings (SSSR count). The van der Waals surface area contributed by atoms with Crippen molar-refractivity contribution in [2.24, 2.45) is 0 Å². The Morgan fingerprint density at radius 2 is 0.661 bits per heavy atom. The molecule has 0 aliphatic heterocycles. The smallest absolute Gasteiger partial charge is 0.0541 e. The van der Waals surface area contributed by atoms with Crippen molar-refractivity contribution in [2.45, 2.75) is 6.42 Å². The van der Waals surface area contributed by atoms with E-state index in [1.54, 1.807) is 0 Å². The highest BCUT2D eigenvalue weighted by Crippen LogP contribution is 2.48. The lowest BCUT2D eigenvalue weighted by atomic mass is 9.89. The summed E-state index contributed by atoms with van der Waals surface area (Å²) in [7, 11) is 0. The predicted octanol–water partition coefficient (Wildman–Crippen LogP) is 14.7. The van der Waals surface area contributed by atoms with E-state index >= 15 is 0 Å². The van der Waals surface area contributed by atoms with Gasteiger partial charge in [0.25, 0.3) is 0 Å². The van der Waals surface area contributed by atoms with Crippen LogP contribution in [0, 0.1) is 0 Å². The highest BCUT2D eigenvalue weighted by Gasteiger charge is 2.26. The van der Waals surface area contributed by atoms with Crippen molar-refractivity contribution in [1.29, 1.82) is 0 Å². The third kappa shape index (κ3) is 5.24. The van der Waals surface area contributed by atoms with Crippen LogP contribution in [0.5, 0.6) is 0 Å². The van der Waals surface area contributed by atoms with Gasteiger partial charge in [0.1, 0.15) is 0 Å². The number of benzene rings is 9. The summed E-state index contributed by atoms with van der Waals surface area (Å²) < 4.78 is 2.48. The van der Waals surface area contributed by atoms with Gasteiger partial charge in [0.05, 0.1) is 16.7 Å². The average Bonchev–Trinajstić information content (AvgIpc) is 3.83. The van der Waals surface area contributed by atoms with E-state index in [1.165, 1.54) is 105 Å². The first kappa shape index (κ1) is 32.2. The van der Waals surface area contributed by atoms with Crippen LogP contribution in [0.3, 0.4) is 0 Å². The summed E-state index contributed by atoms with van der Waals surface area (Å²) >= 11 is 0. The molecule has 1 nitrogen and oxygen atoms in total. The standard InChI is InChI=1S/C55H37N/c1-4-16-37(17-5-1)40-30-32-54-51(34-40)52-35-41(38-18-6-2-7-19-38)31-33-55(52)56(54)53-29-13-12-24-48(53)44-23-11-10-22-43(44)45-27-15-28-47-46-26-14-25-42(49(46)36-50(45)47)39-20-8-3-9-21-39/h1-35H,36H2. The van der Waals surface area contributed by atoms with Crippen molar-refractivity contribution in [1.82, 2.24) is 4.57 Å². The topological polar surface area (TPSA) is 4.93 Å². The Labute approximate surface area is 327 Å². The van der Waals surface area contributed by atoms with Crippen LogP contribution in [0.25, 0.3) is 94.3 Å². The Kier molecular flexibility index (Phi) is 7.64. The van der Waals surface area contributed by atoms with Crippen LogP contribution in [0.15, 0.2) is 212 Å². The molecule has 1 aromatic heterocycles. The van der Waals surface area contributed by atoms with Crippen molar-refractivity contribution in [3.05, 3.63) is 223 Å². The summed E-state index contributed by atoms with van der Waals surface area (Å²) in [5.41, 5.74) is 21.5. The van der Waals surface area contributed by atoms with Crippen molar-refractivity contribution in [3.8, 4) is 72.4 Å². The maximum atomic E-state index is 2.48. The van der Waals surface area contributed by atoms with Gasteiger partial charge in [-0.15, -0.1) is 0 Å². The Hall–Kier alpha value is -7.22. The summed E-state index contributed by atoms with van der Waals surface area (Å²) in [5.74, 6) is 0. The molecule has 0 unspecified atom stereocenters. The van der Waals surface area contributed by atoms with E-state index in [0.29, 0.717) is 0 Å². The van der Waals surface area contributed by atoms with Crippen LogP contribution < -0.4 is 0 Å². The van der Waals surface area contributed by atoms with E-state index in [2.05, 4.69) is 217 Å². The summed E-state index contributed by atoms with van der Waals surface area (Å²) in [6.45, 7) is 0. The molecule has 0 saturated heterocycles. The van der Waals surface area contributed by atoms with Crippen LogP contribution >= 0.6 is 0 Å². The van der Waals surface area contributed by atoms with Crippen molar-refractivity contribution in [2.75, 3.05) is 0 Å². The van der Waals surface area contributed by atoms with E-state index in [4.69, 9.17) is 0 Å². The van der Waals surface area contributed by atoms with Gasteiger partial charge in [-0.3, -0.25) is 0 Å². The SMILES string of the molecule is c1ccc(-c2ccc3c(c2)c2cc(-c4ccccc4)ccc2n3-c2ccccc2-c2ccccc2-c2cccc3c2Cc2c(-c4ccccc4)cccc2-3)cc1. The second kappa shape index (κ2) is 13.3. The Bertz CT molecular complexity index is 2980. The molecule has 0 radical (unpaired) electrons. The first-order valence-electron chi connectivity index (χ1n) is 19.5. The molecule has 0 amide bonds. The van der Waals surface area contributed by atoms with Crippen molar-refractivity contribution >= 4 is 21.8 Å². The summed E-state index contributed by atoms with van der Waals surface area (Å²) in [5, 5.41) is 2.49. The van der Waals surface area contributed by atoms with Gasteiger partial charge < -0.3 is 4.57 Å². The largest absolute Gasteiger partial charge is 0.309 e. The molecule has 1 aliphatic carbocycles. The number of para-hydroxylation sites is 1. The van der Waals surface area contributed by atoms with E-state index in [0.717, 1.165) is 6.42 Å². The first-order valence-corrected chi connectivity index (χ1v) is 19.5. The summed E-state index contributed by atoms with van der Waals surface area (Å²) in [6.07, 6.45) is 0.905. The lowest BCUT2D eigenvalue weighted by molar-refractivity contribution is 1.18. The highest BCUT2D eigenvalue weighted by atomic mass is 15.0. The van der Waals surface area contributed by atoms with Crippen molar-refractivity contribution in [3.63, 3.8) is 0 Å². The quantitative estimate of drug-likeness (QED) is 0.162. The minimum absolute atomic E-state index is 0.905. The van der Waals surface area contributed by atoms with Crippen LogP contribution in [0.4, 0.5) is 0 Å². The van der Waals surface area contributed by atoms with Gasteiger partial charge in [0.2, 0.25) is 0 Å². The summed E-state index contributed by atoms with van der Waals surface area (Å²) in [6, 6.07) is 77.8. The highest BCUT2D eigenvalue weighted by molar-refractivity contribution is 6.12. The molecule has 9 aromatic carbocycles. The number of fused-ring (bicyclic) bond motifs is 6. The zero-order valence-corrected chi connectivity index (χ0v) is 30.9. The zero-order valence-electron chi connectivity index (χ0n) is 30.9. The number of hydrogen-bond acceptors (Lipinski definition) is 0. The van der Waals surface area contributed by atoms with Crippen LogP contribution in [0.1, 0.15) is 11.1 Å². The van der Waals surface area contributed by atoms with Gasteiger partial charge >= 0.3 is 0 Å². The second-order valence-corrected chi connectivity index (χ2v) is 14.8. The molecule has 1 heteroatoms. The molecule has 56 heavy (non-hydrogen) atoms. The number of aromatic nitrogens is 1. The molecule has 0 fully saturated rings. The lowest BCUT2D eigenvalue weighted by Gasteiger charge is -2.18. The van der Waals surface area contributed by atoms with Crippen LogP contribution in [0.2, 0.25) is 0 Å². The Morgan fingerprint density at radius 3 is 1.21 bits per heavy atom. The lowest BCUT2D eigenvalue weighted by Crippen LogP contribution is -1.99. The average molecular weight is 712 g/mol. The van der Waals surface area contributed by atoms with Gasteiger partial charge in [-0.1, -0.05) is 182 Å². The fraction of sp³-hybridized carbons (Fsp3) is 0.0182. The molecule has 0 spiro atoms. The molecule has 0 saturated carbocycles. The zero-order chi connectivity index (χ0) is 37.0. The van der Waals surface area contributed by atoms with Crippen LogP contribution in [-0.4, -0.2) is 4.57 Å². The van der Waals surface area contributed by atoms with Crippen molar-refractivity contribution < 1.29 is 0 Å². The molecule has 1 heterocycles. The molecule has 10 aromatic rings. The summed E-state index contributed by atoms with van der Waals surface area (Å²) in [4.78, 5) is 0. The van der Waals surface area contributed by atoms with E-state index < -0.39 is 0 Å².